The average molecular weight is 319 g/mol. The Labute approximate surface area is 141 Å². The lowest BCUT2D eigenvalue weighted by atomic mass is 10.0. The van der Waals surface area contributed by atoms with Crippen molar-refractivity contribution >= 4 is 11.2 Å². The molecule has 115 valence electrons. The maximum Gasteiger partial charge on any atom is 0.131 e. The zero-order chi connectivity index (χ0) is 15.9. The van der Waals surface area contributed by atoms with Crippen molar-refractivity contribution in [2.45, 2.75) is 17.9 Å². The lowest BCUT2D eigenvalue weighted by Crippen LogP contribution is -2.08. The van der Waals surface area contributed by atoms with Gasteiger partial charge in [0, 0.05) is 11.1 Å². The van der Waals surface area contributed by atoms with Crippen LogP contribution >= 0.6 is 0 Å². The van der Waals surface area contributed by atoms with E-state index in [1.807, 2.05) is 60.7 Å². The third-order valence-electron chi connectivity index (χ3n) is 3.64. The molecule has 0 bridgehead atoms. The Kier molecular flexibility index (Phi) is 5.51. The molecular formula is C21H19OS. The molecule has 0 aliphatic carbocycles. The van der Waals surface area contributed by atoms with Gasteiger partial charge in [-0.05, 0) is 34.8 Å². The van der Waals surface area contributed by atoms with E-state index in [-0.39, 0.29) is 0 Å². The minimum absolute atomic E-state index is 0.553. The van der Waals surface area contributed by atoms with Gasteiger partial charge in [0.05, 0.1) is 0 Å². The van der Waals surface area contributed by atoms with Crippen molar-refractivity contribution in [3.63, 3.8) is 0 Å². The molecule has 3 rings (SSSR count). The van der Waals surface area contributed by atoms with E-state index < -0.39 is 11.2 Å². The topological polar surface area (TPSA) is 23.1 Å². The molecular weight excluding hydrogens is 300 g/mol. The van der Waals surface area contributed by atoms with E-state index in [0.717, 1.165) is 23.1 Å². The first-order valence-corrected chi connectivity index (χ1v) is 9.21. The molecule has 3 aromatic carbocycles. The summed E-state index contributed by atoms with van der Waals surface area (Å²) in [6, 6.07) is 29.9. The summed E-state index contributed by atoms with van der Waals surface area (Å²) in [5, 5.41) is 0. The van der Waals surface area contributed by atoms with Gasteiger partial charge in [-0.1, -0.05) is 78.9 Å². The van der Waals surface area contributed by atoms with Crippen LogP contribution in [0.15, 0.2) is 78.9 Å². The molecule has 0 amide bonds. The van der Waals surface area contributed by atoms with Gasteiger partial charge >= 0.3 is 0 Å². The van der Waals surface area contributed by atoms with Crippen molar-refractivity contribution in [2.24, 2.45) is 0 Å². The highest BCUT2D eigenvalue weighted by Gasteiger charge is 2.10. The van der Waals surface area contributed by atoms with Crippen LogP contribution in [0, 0.1) is 6.07 Å². The predicted octanol–water partition coefficient (Wildman–Crippen LogP) is 4.53. The monoisotopic (exact) mass is 319 g/mol. The molecule has 3 aromatic rings. The van der Waals surface area contributed by atoms with Gasteiger partial charge in [-0.25, -0.2) is 0 Å². The summed E-state index contributed by atoms with van der Waals surface area (Å²) >= 11 is -0.908. The van der Waals surface area contributed by atoms with Crippen molar-refractivity contribution in [1.82, 2.24) is 0 Å². The summed E-state index contributed by atoms with van der Waals surface area (Å²) < 4.78 is 12.3. The van der Waals surface area contributed by atoms with Gasteiger partial charge in [0.25, 0.3) is 0 Å². The summed E-state index contributed by atoms with van der Waals surface area (Å²) in [5.74, 6) is 1.15. The van der Waals surface area contributed by atoms with Gasteiger partial charge in [0.2, 0.25) is 0 Å². The van der Waals surface area contributed by atoms with Crippen LogP contribution in [0.5, 0.6) is 0 Å². The van der Waals surface area contributed by atoms with Gasteiger partial charge in [0.15, 0.2) is 0 Å². The van der Waals surface area contributed by atoms with Crippen LogP contribution in [0.2, 0.25) is 0 Å². The first-order chi connectivity index (χ1) is 11.3. The van der Waals surface area contributed by atoms with Gasteiger partial charge in [-0.15, -0.1) is 0 Å². The number of benzene rings is 3. The predicted molar refractivity (Wildman–Crippen MR) is 96.5 cm³/mol. The Bertz CT molecular complexity index is 725. The SMILES string of the molecule is [O-][S+](Cc1[c]c(Cc2ccccc2)ccc1)Cc1ccccc1. The zero-order valence-corrected chi connectivity index (χ0v) is 13.8. The minimum atomic E-state index is -0.908. The Balaban J connectivity index is 1.63. The Morgan fingerprint density at radius 2 is 1.26 bits per heavy atom. The molecule has 0 heterocycles. The Hall–Kier alpha value is -2.03. The highest BCUT2D eigenvalue weighted by Crippen LogP contribution is 2.15. The quantitative estimate of drug-likeness (QED) is 0.612. The van der Waals surface area contributed by atoms with Crippen LogP contribution in [0.1, 0.15) is 22.3 Å². The van der Waals surface area contributed by atoms with Crippen molar-refractivity contribution in [3.8, 4) is 0 Å². The van der Waals surface area contributed by atoms with Gasteiger partial charge in [0.1, 0.15) is 11.5 Å². The highest BCUT2D eigenvalue weighted by molar-refractivity contribution is 7.89. The molecule has 1 nitrogen and oxygen atoms in total. The summed E-state index contributed by atoms with van der Waals surface area (Å²) in [6.07, 6.45) is 0.861. The van der Waals surface area contributed by atoms with E-state index in [1.54, 1.807) is 0 Å². The largest absolute Gasteiger partial charge is 0.616 e. The molecule has 1 radical (unpaired) electrons. The fourth-order valence-electron chi connectivity index (χ4n) is 2.56. The third-order valence-corrected chi connectivity index (χ3v) is 4.93. The van der Waals surface area contributed by atoms with E-state index in [1.165, 1.54) is 5.56 Å². The van der Waals surface area contributed by atoms with Crippen LogP contribution < -0.4 is 0 Å². The molecule has 1 atom stereocenters. The van der Waals surface area contributed by atoms with E-state index in [2.05, 4.69) is 24.3 Å². The number of hydrogen-bond acceptors (Lipinski definition) is 1. The summed E-state index contributed by atoms with van der Waals surface area (Å²) in [5.41, 5.74) is 4.55. The Morgan fingerprint density at radius 1 is 0.652 bits per heavy atom. The van der Waals surface area contributed by atoms with Gasteiger partial charge in [-0.3, -0.25) is 0 Å². The minimum Gasteiger partial charge on any atom is -0.616 e. The third kappa shape index (κ3) is 4.98. The second-order valence-electron chi connectivity index (χ2n) is 5.58. The van der Waals surface area contributed by atoms with Crippen LogP contribution in [0.4, 0.5) is 0 Å². The molecule has 23 heavy (non-hydrogen) atoms. The molecule has 0 aliphatic rings. The number of hydrogen-bond donors (Lipinski definition) is 0. The first kappa shape index (κ1) is 15.9. The number of rotatable bonds is 6. The van der Waals surface area contributed by atoms with Crippen LogP contribution in [-0.2, 0) is 29.1 Å². The molecule has 1 unspecified atom stereocenters. The zero-order valence-electron chi connectivity index (χ0n) is 12.9. The second-order valence-corrected chi connectivity index (χ2v) is 7.03. The van der Waals surface area contributed by atoms with Crippen molar-refractivity contribution in [3.05, 3.63) is 107 Å². The molecule has 0 aliphatic heterocycles. The fraction of sp³-hybridized carbons (Fsp3) is 0.143. The standard InChI is InChI=1S/C21H19OS/c22-23(16-19-10-5-2-6-11-19)17-21-13-7-12-20(15-21)14-18-8-3-1-4-9-18/h1-13H,14,16-17H2. The normalized spacial score (nSPS) is 12.0. The van der Waals surface area contributed by atoms with Crippen molar-refractivity contribution in [2.75, 3.05) is 0 Å². The van der Waals surface area contributed by atoms with Gasteiger partial charge < -0.3 is 4.55 Å². The van der Waals surface area contributed by atoms with Gasteiger partial charge in [-0.2, -0.15) is 0 Å². The molecule has 0 N–H and O–H groups in total. The summed E-state index contributed by atoms with van der Waals surface area (Å²) in [6.45, 7) is 0. The summed E-state index contributed by atoms with van der Waals surface area (Å²) in [7, 11) is 0. The van der Waals surface area contributed by atoms with E-state index in [9.17, 15) is 4.55 Å². The van der Waals surface area contributed by atoms with Crippen molar-refractivity contribution < 1.29 is 4.55 Å². The summed E-state index contributed by atoms with van der Waals surface area (Å²) in [4.78, 5) is 0. The van der Waals surface area contributed by atoms with E-state index >= 15 is 0 Å². The van der Waals surface area contributed by atoms with Crippen LogP contribution in [0.3, 0.4) is 0 Å². The molecule has 2 heteroatoms. The first-order valence-electron chi connectivity index (χ1n) is 7.72. The maximum atomic E-state index is 12.3. The molecule has 0 saturated heterocycles. The van der Waals surface area contributed by atoms with Crippen LogP contribution in [-0.4, -0.2) is 4.55 Å². The van der Waals surface area contributed by atoms with E-state index in [4.69, 9.17) is 0 Å². The van der Waals surface area contributed by atoms with Crippen molar-refractivity contribution in [1.29, 1.82) is 0 Å². The molecule has 0 aromatic heterocycles. The molecule has 0 fully saturated rings. The maximum absolute atomic E-state index is 12.3. The van der Waals surface area contributed by atoms with E-state index in [0.29, 0.717) is 11.5 Å². The average Bonchev–Trinajstić information content (AvgIpc) is 2.57. The fourth-order valence-corrected chi connectivity index (χ4v) is 3.74. The second kappa shape index (κ2) is 8.00. The molecule has 0 saturated carbocycles. The van der Waals surface area contributed by atoms with Crippen LogP contribution in [0.25, 0.3) is 0 Å². The lowest BCUT2D eigenvalue weighted by Gasteiger charge is -2.12. The smallest absolute Gasteiger partial charge is 0.131 e. The molecule has 0 spiro atoms. The lowest BCUT2D eigenvalue weighted by molar-refractivity contribution is 0.593. The Morgan fingerprint density at radius 3 is 1.96 bits per heavy atom. The highest BCUT2D eigenvalue weighted by atomic mass is 32.2.